The lowest BCUT2D eigenvalue weighted by atomic mass is 10.2. The monoisotopic (exact) mass is 215 g/mol. The third kappa shape index (κ3) is 2.31. The lowest BCUT2D eigenvalue weighted by molar-refractivity contribution is 0.222. The van der Waals surface area contributed by atoms with Crippen LogP contribution in [-0.2, 0) is 0 Å². The van der Waals surface area contributed by atoms with Crippen LogP contribution in [0.25, 0.3) is 0 Å². The molecule has 1 fully saturated rings. The Hall–Kier alpha value is -2.02. The lowest BCUT2D eigenvalue weighted by Crippen LogP contribution is -2.32. The molecule has 1 aliphatic heterocycles. The fourth-order valence-corrected chi connectivity index (χ4v) is 1.75. The van der Waals surface area contributed by atoms with E-state index in [1.54, 1.807) is 29.2 Å². The normalized spacial score (nSPS) is 14.6. The van der Waals surface area contributed by atoms with Gasteiger partial charge in [-0.2, -0.15) is 5.26 Å². The Morgan fingerprint density at radius 2 is 1.88 bits per heavy atom. The molecule has 16 heavy (non-hydrogen) atoms. The van der Waals surface area contributed by atoms with Crippen molar-refractivity contribution >= 4 is 11.7 Å². The Balaban J connectivity index is 1.98. The number of urea groups is 1. The first-order valence-electron chi connectivity index (χ1n) is 5.36. The number of nitrogens with zero attached hydrogens (tertiary/aromatic N) is 2. The van der Waals surface area contributed by atoms with E-state index in [0.717, 1.165) is 31.6 Å². The quantitative estimate of drug-likeness (QED) is 0.780. The molecule has 1 aromatic rings. The highest BCUT2D eigenvalue weighted by Crippen LogP contribution is 2.12. The van der Waals surface area contributed by atoms with Gasteiger partial charge in [0.05, 0.1) is 11.6 Å². The zero-order valence-corrected chi connectivity index (χ0v) is 8.94. The molecular formula is C12H13N3O. The van der Waals surface area contributed by atoms with Crippen LogP contribution in [-0.4, -0.2) is 24.0 Å². The summed E-state index contributed by atoms with van der Waals surface area (Å²) in [5.41, 5.74) is 1.33. The van der Waals surface area contributed by atoms with E-state index in [4.69, 9.17) is 5.26 Å². The first-order valence-corrected chi connectivity index (χ1v) is 5.36. The molecule has 0 saturated carbocycles. The van der Waals surface area contributed by atoms with E-state index in [9.17, 15) is 4.79 Å². The highest BCUT2D eigenvalue weighted by molar-refractivity contribution is 5.89. The van der Waals surface area contributed by atoms with Gasteiger partial charge in [0, 0.05) is 18.8 Å². The molecule has 0 spiro atoms. The summed E-state index contributed by atoms with van der Waals surface area (Å²) in [5, 5.41) is 11.5. The molecule has 4 heteroatoms. The van der Waals surface area contributed by atoms with Crippen LogP contribution in [0, 0.1) is 11.3 Å². The second kappa shape index (κ2) is 4.67. The van der Waals surface area contributed by atoms with Crippen LogP contribution >= 0.6 is 0 Å². The summed E-state index contributed by atoms with van der Waals surface area (Å²) in [7, 11) is 0. The number of carbonyl (C=O) groups is 1. The van der Waals surface area contributed by atoms with Gasteiger partial charge < -0.3 is 10.2 Å². The van der Waals surface area contributed by atoms with Gasteiger partial charge >= 0.3 is 6.03 Å². The highest BCUT2D eigenvalue weighted by Gasteiger charge is 2.17. The molecule has 1 saturated heterocycles. The molecule has 1 aromatic carbocycles. The molecule has 0 bridgehead atoms. The minimum absolute atomic E-state index is 0.0535. The molecule has 82 valence electrons. The highest BCUT2D eigenvalue weighted by atomic mass is 16.2. The topological polar surface area (TPSA) is 56.1 Å². The first-order chi connectivity index (χ1) is 7.79. The number of rotatable bonds is 1. The van der Waals surface area contributed by atoms with Crippen LogP contribution in [0.3, 0.4) is 0 Å². The maximum absolute atomic E-state index is 11.7. The number of anilines is 1. The van der Waals surface area contributed by atoms with E-state index in [0.29, 0.717) is 5.56 Å². The van der Waals surface area contributed by atoms with E-state index in [1.165, 1.54) is 0 Å². The van der Waals surface area contributed by atoms with Crippen LogP contribution in [0.15, 0.2) is 24.3 Å². The van der Waals surface area contributed by atoms with E-state index in [1.807, 2.05) is 6.07 Å². The van der Waals surface area contributed by atoms with E-state index in [2.05, 4.69) is 5.32 Å². The molecule has 0 unspecified atom stereocenters. The molecule has 0 atom stereocenters. The number of carbonyl (C=O) groups excluding carboxylic acids is 1. The molecule has 0 aromatic heterocycles. The molecule has 2 amide bonds. The molecule has 0 aliphatic carbocycles. The summed E-state index contributed by atoms with van der Waals surface area (Å²) in [4.78, 5) is 13.5. The average Bonchev–Trinajstić information content (AvgIpc) is 2.83. The summed E-state index contributed by atoms with van der Waals surface area (Å²) >= 11 is 0. The maximum atomic E-state index is 11.7. The van der Waals surface area contributed by atoms with Crippen LogP contribution in [0.2, 0.25) is 0 Å². The molecule has 4 nitrogen and oxygen atoms in total. The van der Waals surface area contributed by atoms with Gasteiger partial charge in [-0.05, 0) is 37.1 Å². The second-order valence-electron chi connectivity index (χ2n) is 3.81. The SMILES string of the molecule is N#Cc1ccc(NC(=O)N2CCCC2)cc1. The van der Waals surface area contributed by atoms with Gasteiger partial charge in [0.25, 0.3) is 0 Å². The van der Waals surface area contributed by atoms with Crippen molar-refractivity contribution in [3.63, 3.8) is 0 Å². The number of hydrogen-bond acceptors (Lipinski definition) is 2. The van der Waals surface area contributed by atoms with E-state index in [-0.39, 0.29) is 6.03 Å². The van der Waals surface area contributed by atoms with Crippen LogP contribution in [0.5, 0.6) is 0 Å². The fourth-order valence-electron chi connectivity index (χ4n) is 1.75. The van der Waals surface area contributed by atoms with Crippen molar-refractivity contribution in [1.29, 1.82) is 5.26 Å². The van der Waals surface area contributed by atoms with E-state index < -0.39 is 0 Å². The van der Waals surface area contributed by atoms with Crippen molar-refractivity contribution < 1.29 is 4.79 Å². The number of hydrogen-bond donors (Lipinski definition) is 1. The van der Waals surface area contributed by atoms with Crippen molar-refractivity contribution in [3.05, 3.63) is 29.8 Å². The predicted molar refractivity (Wildman–Crippen MR) is 61.0 cm³/mol. The maximum Gasteiger partial charge on any atom is 0.321 e. The zero-order chi connectivity index (χ0) is 11.4. The Morgan fingerprint density at radius 3 is 2.44 bits per heavy atom. The second-order valence-corrected chi connectivity index (χ2v) is 3.81. The van der Waals surface area contributed by atoms with Gasteiger partial charge in [0.1, 0.15) is 0 Å². The molecule has 2 rings (SSSR count). The summed E-state index contributed by atoms with van der Waals surface area (Å²) in [5.74, 6) is 0. The van der Waals surface area contributed by atoms with E-state index >= 15 is 0 Å². The van der Waals surface area contributed by atoms with Gasteiger partial charge in [-0.15, -0.1) is 0 Å². The summed E-state index contributed by atoms with van der Waals surface area (Å²) in [6, 6.07) is 8.86. The Bertz CT molecular complexity index is 413. The third-order valence-corrected chi connectivity index (χ3v) is 2.66. The largest absolute Gasteiger partial charge is 0.325 e. The van der Waals surface area contributed by atoms with Gasteiger partial charge in [0.2, 0.25) is 0 Å². The third-order valence-electron chi connectivity index (χ3n) is 2.66. The molecule has 1 heterocycles. The van der Waals surface area contributed by atoms with Crippen molar-refractivity contribution in [2.45, 2.75) is 12.8 Å². The minimum Gasteiger partial charge on any atom is -0.325 e. The van der Waals surface area contributed by atoms with Crippen molar-refractivity contribution in [2.24, 2.45) is 0 Å². The smallest absolute Gasteiger partial charge is 0.321 e. The average molecular weight is 215 g/mol. The Labute approximate surface area is 94.5 Å². The molecule has 1 aliphatic rings. The van der Waals surface area contributed by atoms with Gasteiger partial charge in [-0.25, -0.2) is 4.79 Å². The number of likely N-dealkylation sites (tertiary alicyclic amines) is 1. The van der Waals surface area contributed by atoms with Crippen LogP contribution in [0.1, 0.15) is 18.4 Å². The summed E-state index contributed by atoms with van der Waals surface area (Å²) in [6.45, 7) is 1.67. The molecule has 0 radical (unpaired) electrons. The standard InChI is InChI=1S/C12H13N3O/c13-9-10-3-5-11(6-4-10)14-12(16)15-7-1-2-8-15/h3-6H,1-2,7-8H2,(H,14,16). The molecule has 1 N–H and O–H groups in total. The minimum atomic E-state index is -0.0535. The Kier molecular flexibility index (Phi) is 3.06. The fraction of sp³-hybridized carbons (Fsp3) is 0.333. The molecular weight excluding hydrogens is 202 g/mol. The van der Waals surface area contributed by atoms with Crippen molar-refractivity contribution in [1.82, 2.24) is 4.90 Å². The van der Waals surface area contributed by atoms with Gasteiger partial charge in [0.15, 0.2) is 0 Å². The predicted octanol–water partition coefficient (Wildman–Crippen LogP) is 2.19. The zero-order valence-electron chi connectivity index (χ0n) is 8.94. The number of benzene rings is 1. The first kappa shape index (κ1) is 10.5. The van der Waals surface area contributed by atoms with Crippen molar-refractivity contribution in [3.8, 4) is 6.07 Å². The Morgan fingerprint density at radius 1 is 1.25 bits per heavy atom. The van der Waals surface area contributed by atoms with Crippen molar-refractivity contribution in [2.75, 3.05) is 18.4 Å². The summed E-state index contributed by atoms with van der Waals surface area (Å²) < 4.78 is 0. The summed E-state index contributed by atoms with van der Waals surface area (Å²) in [6.07, 6.45) is 2.17. The van der Waals surface area contributed by atoms with Gasteiger partial charge in [-0.3, -0.25) is 0 Å². The van der Waals surface area contributed by atoms with Crippen LogP contribution < -0.4 is 5.32 Å². The lowest BCUT2D eigenvalue weighted by Gasteiger charge is -2.15. The number of amides is 2. The van der Waals surface area contributed by atoms with Gasteiger partial charge in [-0.1, -0.05) is 0 Å². The number of nitrogens with one attached hydrogen (secondary N) is 1. The number of nitriles is 1. The van der Waals surface area contributed by atoms with Crippen LogP contribution in [0.4, 0.5) is 10.5 Å².